The van der Waals surface area contributed by atoms with Gasteiger partial charge in [0.2, 0.25) is 0 Å². The van der Waals surface area contributed by atoms with Crippen LogP contribution in [-0.2, 0) is 6.61 Å². The molecule has 0 aliphatic carbocycles. The number of nitrogens with zero attached hydrogens (tertiary/aromatic N) is 1. The standard InChI is InChI=1S/C18H18N2O2/c1-13-11-14(16-9-10-19-20-16)7-8-17(13)22-12-15-5-3-4-6-18(15)21-2/h3-11H,12H2,1-2H3,(H,19,20). The highest BCUT2D eigenvalue weighted by Crippen LogP contribution is 2.26. The quantitative estimate of drug-likeness (QED) is 0.774. The molecule has 1 aromatic heterocycles. The molecule has 0 saturated heterocycles. The molecule has 0 aliphatic heterocycles. The number of ether oxygens (including phenoxy) is 2. The molecule has 2 aromatic carbocycles. The number of aryl methyl sites for hydroxylation is 1. The number of benzene rings is 2. The van der Waals surface area contributed by atoms with Crippen LogP contribution in [0, 0.1) is 6.92 Å². The van der Waals surface area contributed by atoms with Crippen molar-refractivity contribution < 1.29 is 9.47 Å². The molecule has 0 aliphatic rings. The van der Waals surface area contributed by atoms with Crippen LogP contribution < -0.4 is 9.47 Å². The number of methoxy groups -OCH3 is 1. The van der Waals surface area contributed by atoms with E-state index in [9.17, 15) is 0 Å². The van der Waals surface area contributed by atoms with Gasteiger partial charge in [-0.25, -0.2) is 0 Å². The monoisotopic (exact) mass is 294 g/mol. The molecule has 0 fully saturated rings. The van der Waals surface area contributed by atoms with Crippen molar-refractivity contribution in [1.29, 1.82) is 0 Å². The summed E-state index contributed by atoms with van der Waals surface area (Å²) in [7, 11) is 1.67. The molecule has 0 amide bonds. The molecule has 0 radical (unpaired) electrons. The molecule has 4 nitrogen and oxygen atoms in total. The zero-order valence-electron chi connectivity index (χ0n) is 12.7. The van der Waals surface area contributed by atoms with E-state index in [0.29, 0.717) is 6.61 Å². The first-order valence-corrected chi connectivity index (χ1v) is 7.13. The SMILES string of the molecule is COc1ccccc1COc1ccc(-c2ccn[nH]2)cc1C. The van der Waals surface area contributed by atoms with Gasteiger partial charge >= 0.3 is 0 Å². The van der Waals surface area contributed by atoms with Crippen LogP contribution in [0.5, 0.6) is 11.5 Å². The third kappa shape index (κ3) is 2.96. The van der Waals surface area contributed by atoms with E-state index in [4.69, 9.17) is 9.47 Å². The van der Waals surface area contributed by atoms with Gasteiger partial charge in [-0.3, -0.25) is 5.10 Å². The number of hydrogen-bond donors (Lipinski definition) is 1. The van der Waals surface area contributed by atoms with Crippen molar-refractivity contribution in [2.75, 3.05) is 7.11 Å². The van der Waals surface area contributed by atoms with Crippen LogP contribution in [0.2, 0.25) is 0 Å². The second-order valence-corrected chi connectivity index (χ2v) is 5.05. The van der Waals surface area contributed by atoms with Gasteiger partial charge in [0.15, 0.2) is 0 Å². The summed E-state index contributed by atoms with van der Waals surface area (Å²) in [6.07, 6.45) is 1.75. The number of hydrogen-bond acceptors (Lipinski definition) is 3. The topological polar surface area (TPSA) is 47.1 Å². The smallest absolute Gasteiger partial charge is 0.125 e. The van der Waals surface area contributed by atoms with E-state index in [0.717, 1.165) is 33.9 Å². The summed E-state index contributed by atoms with van der Waals surface area (Å²) in [6.45, 7) is 2.52. The predicted molar refractivity (Wildman–Crippen MR) is 86.1 cm³/mol. The van der Waals surface area contributed by atoms with Gasteiger partial charge in [-0.05, 0) is 42.8 Å². The first-order valence-electron chi connectivity index (χ1n) is 7.13. The summed E-state index contributed by atoms with van der Waals surface area (Å²) in [4.78, 5) is 0. The minimum Gasteiger partial charge on any atom is -0.496 e. The minimum atomic E-state index is 0.480. The Balaban J connectivity index is 1.76. The maximum atomic E-state index is 5.93. The fourth-order valence-corrected chi connectivity index (χ4v) is 2.37. The van der Waals surface area contributed by atoms with Gasteiger partial charge in [-0.15, -0.1) is 0 Å². The summed E-state index contributed by atoms with van der Waals surface area (Å²) >= 11 is 0. The number of H-pyrrole nitrogens is 1. The molecule has 112 valence electrons. The van der Waals surface area contributed by atoms with E-state index < -0.39 is 0 Å². The normalized spacial score (nSPS) is 10.5. The van der Waals surface area contributed by atoms with Gasteiger partial charge in [0.1, 0.15) is 18.1 Å². The van der Waals surface area contributed by atoms with Crippen molar-refractivity contribution in [3.63, 3.8) is 0 Å². The molecule has 3 aromatic rings. The number of aromatic nitrogens is 2. The lowest BCUT2D eigenvalue weighted by atomic mass is 10.1. The molecule has 0 spiro atoms. The first-order chi connectivity index (χ1) is 10.8. The molecule has 0 saturated carbocycles. The molecule has 3 rings (SSSR count). The lowest BCUT2D eigenvalue weighted by Crippen LogP contribution is -1.99. The predicted octanol–water partition coefficient (Wildman–Crippen LogP) is 3.97. The van der Waals surface area contributed by atoms with E-state index in [-0.39, 0.29) is 0 Å². The van der Waals surface area contributed by atoms with Gasteiger partial charge in [0.25, 0.3) is 0 Å². The highest BCUT2D eigenvalue weighted by atomic mass is 16.5. The Hall–Kier alpha value is -2.75. The fraction of sp³-hybridized carbons (Fsp3) is 0.167. The zero-order valence-corrected chi connectivity index (χ0v) is 12.7. The molecule has 22 heavy (non-hydrogen) atoms. The van der Waals surface area contributed by atoms with Crippen molar-refractivity contribution >= 4 is 0 Å². The number of para-hydroxylation sites is 1. The van der Waals surface area contributed by atoms with E-state index in [1.165, 1.54) is 0 Å². The highest BCUT2D eigenvalue weighted by molar-refractivity contribution is 5.61. The molecular formula is C18H18N2O2. The summed E-state index contributed by atoms with van der Waals surface area (Å²) in [5.74, 6) is 1.71. The summed E-state index contributed by atoms with van der Waals surface area (Å²) in [5.41, 5.74) is 4.21. The maximum absolute atomic E-state index is 5.93. The van der Waals surface area contributed by atoms with Crippen molar-refractivity contribution in [3.8, 4) is 22.8 Å². The van der Waals surface area contributed by atoms with Crippen LogP contribution in [0.3, 0.4) is 0 Å². The second-order valence-electron chi connectivity index (χ2n) is 5.05. The van der Waals surface area contributed by atoms with E-state index in [2.05, 4.69) is 16.3 Å². The Kier molecular flexibility index (Phi) is 4.10. The summed E-state index contributed by atoms with van der Waals surface area (Å²) < 4.78 is 11.3. The summed E-state index contributed by atoms with van der Waals surface area (Å²) in [6, 6.07) is 15.9. The van der Waals surface area contributed by atoms with Crippen LogP contribution >= 0.6 is 0 Å². The minimum absolute atomic E-state index is 0.480. The number of rotatable bonds is 5. The van der Waals surface area contributed by atoms with Crippen molar-refractivity contribution in [3.05, 3.63) is 65.9 Å². The van der Waals surface area contributed by atoms with Gasteiger partial charge in [0, 0.05) is 17.3 Å². The Morgan fingerprint density at radius 3 is 2.64 bits per heavy atom. The molecule has 0 bridgehead atoms. The Morgan fingerprint density at radius 2 is 1.91 bits per heavy atom. The molecule has 1 N–H and O–H groups in total. The van der Waals surface area contributed by atoms with Gasteiger partial charge in [-0.2, -0.15) is 5.10 Å². The molecule has 0 atom stereocenters. The van der Waals surface area contributed by atoms with Crippen LogP contribution in [0.15, 0.2) is 54.7 Å². The zero-order chi connectivity index (χ0) is 15.4. The summed E-state index contributed by atoms with van der Waals surface area (Å²) in [5, 5.41) is 6.94. The second kappa shape index (κ2) is 6.35. The van der Waals surface area contributed by atoms with Crippen LogP contribution in [-0.4, -0.2) is 17.3 Å². The van der Waals surface area contributed by atoms with E-state index in [1.807, 2.05) is 49.4 Å². The van der Waals surface area contributed by atoms with Gasteiger partial charge in [-0.1, -0.05) is 18.2 Å². The average molecular weight is 294 g/mol. The maximum Gasteiger partial charge on any atom is 0.125 e. The molecule has 1 heterocycles. The number of nitrogens with one attached hydrogen (secondary N) is 1. The van der Waals surface area contributed by atoms with Crippen LogP contribution in [0.25, 0.3) is 11.3 Å². The Labute approximate surface area is 129 Å². The Morgan fingerprint density at radius 1 is 1.05 bits per heavy atom. The van der Waals surface area contributed by atoms with E-state index in [1.54, 1.807) is 13.3 Å². The first kappa shape index (κ1) is 14.2. The van der Waals surface area contributed by atoms with Crippen LogP contribution in [0.1, 0.15) is 11.1 Å². The third-order valence-electron chi connectivity index (χ3n) is 3.56. The largest absolute Gasteiger partial charge is 0.496 e. The fourth-order valence-electron chi connectivity index (χ4n) is 2.37. The lowest BCUT2D eigenvalue weighted by Gasteiger charge is -2.12. The van der Waals surface area contributed by atoms with Crippen molar-refractivity contribution in [2.45, 2.75) is 13.5 Å². The van der Waals surface area contributed by atoms with Gasteiger partial charge in [0.05, 0.1) is 12.8 Å². The Bertz CT molecular complexity index is 752. The molecule has 4 heteroatoms. The molecular weight excluding hydrogens is 276 g/mol. The lowest BCUT2D eigenvalue weighted by molar-refractivity contribution is 0.295. The van der Waals surface area contributed by atoms with Crippen molar-refractivity contribution in [2.24, 2.45) is 0 Å². The number of aromatic amines is 1. The van der Waals surface area contributed by atoms with E-state index >= 15 is 0 Å². The van der Waals surface area contributed by atoms with Crippen molar-refractivity contribution in [1.82, 2.24) is 10.2 Å². The molecule has 0 unspecified atom stereocenters. The van der Waals surface area contributed by atoms with Crippen LogP contribution in [0.4, 0.5) is 0 Å². The highest BCUT2D eigenvalue weighted by Gasteiger charge is 2.06. The average Bonchev–Trinajstić information content (AvgIpc) is 3.08. The van der Waals surface area contributed by atoms with Gasteiger partial charge < -0.3 is 9.47 Å². The third-order valence-corrected chi connectivity index (χ3v) is 3.56.